The van der Waals surface area contributed by atoms with Gasteiger partial charge < -0.3 is 10.6 Å². The minimum Gasteiger partial charge on any atom is -0.356 e. The molecule has 2 unspecified atom stereocenters. The van der Waals surface area contributed by atoms with E-state index in [1.807, 2.05) is 6.92 Å². The molecular formula is C17H22F2N2O2. The third-order valence-corrected chi connectivity index (χ3v) is 4.16. The highest BCUT2D eigenvalue weighted by Gasteiger charge is 2.46. The van der Waals surface area contributed by atoms with Crippen molar-refractivity contribution >= 4 is 11.8 Å². The summed E-state index contributed by atoms with van der Waals surface area (Å²) in [6, 6.07) is 4.01. The molecule has 2 atom stereocenters. The first-order valence-electron chi connectivity index (χ1n) is 7.78. The molecule has 0 aliphatic heterocycles. The van der Waals surface area contributed by atoms with Gasteiger partial charge in [-0.05, 0) is 44.7 Å². The molecule has 1 fully saturated rings. The molecule has 1 aliphatic carbocycles. The van der Waals surface area contributed by atoms with Gasteiger partial charge in [0.2, 0.25) is 11.8 Å². The number of hydrogen-bond acceptors (Lipinski definition) is 2. The highest BCUT2D eigenvalue weighted by atomic mass is 19.2. The summed E-state index contributed by atoms with van der Waals surface area (Å²) in [5.74, 6) is -2.80. The lowest BCUT2D eigenvalue weighted by atomic mass is 9.92. The molecule has 1 saturated carbocycles. The topological polar surface area (TPSA) is 58.2 Å². The molecule has 23 heavy (non-hydrogen) atoms. The average Bonchev–Trinajstić information content (AvgIpc) is 3.28. The highest BCUT2D eigenvalue weighted by molar-refractivity contribution is 5.85. The van der Waals surface area contributed by atoms with Crippen molar-refractivity contribution in [3.8, 4) is 0 Å². The lowest BCUT2D eigenvalue weighted by Gasteiger charge is -2.23. The van der Waals surface area contributed by atoms with E-state index in [-0.39, 0.29) is 35.8 Å². The Bertz CT molecular complexity index is 617. The van der Waals surface area contributed by atoms with Crippen molar-refractivity contribution in [2.75, 3.05) is 13.1 Å². The van der Waals surface area contributed by atoms with Gasteiger partial charge in [-0.25, -0.2) is 8.78 Å². The van der Waals surface area contributed by atoms with Crippen LogP contribution in [0.1, 0.15) is 38.7 Å². The molecule has 126 valence electrons. The quantitative estimate of drug-likeness (QED) is 0.844. The Labute approximate surface area is 134 Å². The maximum absolute atomic E-state index is 13.7. The molecule has 0 bridgehead atoms. The molecule has 1 aromatic carbocycles. The van der Waals surface area contributed by atoms with E-state index >= 15 is 0 Å². The van der Waals surface area contributed by atoms with Gasteiger partial charge in [-0.15, -0.1) is 0 Å². The summed E-state index contributed by atoms with van der Waals surface area (Å²) in [5.41, 5.74) is -0.478. The van der Waals surface area contributed by atoms with E-state index in [0.717, 1.165) is 6.07 Å². The fourth-order valence-corrected chi connectivity index (χ4v) is 2.55. The Morgan fingerprint density at radius 1 is 1.26 bits per heavy atom. The minimum atomic E-state index is -0.897. The SMILES string of the molecule is CCNC(=O)C(C)(C)CNC(=O)C1CC1c1cccc(F)c1F. The smallest absolute Gasteiger partial charge is 0.227 e. The molecule has 2 rings (SSSR count). The van der Waals surface area contributed by atoms with Crippen molar-refractivity contribution in [1.29, 1.82) is 0 Å². The van der Waals surface area contributed by atoms with Crippen molar-refractivity contribution in [3.63, 3.8) is 0 Å². The Hall–Kier alpha value is -1.98. The van der Waals surface area contributed by atoms with Crippen molar-refractivity contribution in [3.05, 3.63) is 35.4 Å². The van der Waals surface area contributed by atoms with Crippen molar-refractivity contribution in [1.82, 2.24) is 10.6 Å². The first kappa shape index (κ1) is 17.4. The number of rotatable bonds is 6. The average molecular weight is 324 g/mol. The molecule has 1 aliphatic rings. The number of hydrogen-bond donors (Lipinski definition) is 2. The number of benzene rings is 1. The van der Waals surface area contributed by atoms with Crippen molar-refractivity contribution in [2.24, 2.45) is 11.3 Å². The molecule has 0 heterocycles. The zero-order valence-corrected chi connectivity index (χ0v) is 13.6. The van der Waals surface area contributed by atoms with Gasteiger partial charge in [0.05, 0.1) is 5.41 Å². The lowest BCUT2D eigenvalue weighted by Crippen LogP contribution is -2.45. The van der Waals surface area contributed by atoms with E-state index in [1.165, 1.54) is 12.1 Å². The Morgan fingerprint density at radius 2 is 1.96 bits per heavy atom. The normalized spacial score (nSPS) is 20.0. The largest absolute Gasteiger partial charge is 0.356 e. The van der Waals surface area contributed by atoms with Crippen molar-refractivity contribution < 1.29 is 18.4 Å². The maximum Gasteiger partial charge on any atom is 0.227 e. The monoisotopic (exact) mass is 324 g/mol. The van der Waals surface area contributed by atoms with Gasteiger partial charge in [-0.2, -0.15) is 0 Å². The van der Waals surface area contributed by atoms with Crippen LogP contribution in [0.5, 0.6) is 0 Å². The summed E-state index contributed by atoms with van der Waals surface area (Å²) in [4.78, 5) is 24.0. The number of amides is 2. The maximum atomic E-state index is 13.7. The van der Waals surface area contributed by atoms with Crippen molar-refractivity contribution in [2.45, 2.75) is 33.1 Å². The highest BCUT2D eigenvalue weighted by Crippen LogP contribution is 2.48. The lowest BCUT2D eigenvalue weighted by molar-refractivity contribution is -0.130. The Balaban J connectivity index is 1.91. The molecule has 4 nitrogen and oxygen atoms in total. The molecule has 2 N–H and O–H groups in total. The van der Waals surface area contributed by atoms with Crippen LogP contribution in [0.3, 0.4) is 0 Å². The van der Waals surface area contributed by atoms with E-state index in [4.69, 9.17) is 0 Å². The van der Waals surface area contributed by atoms with Gasteiger partial charge in [0.25, 0.3) is 0 Å². The summed E-state index contributed by atoms with van der Waals surface area (Å²) in [7, 11) is 0. The molecule has 2 amide bonds. The summed E-state index contributed by atoms with van der Waals surface area (Å²) < 4.78 is 27.0. The fraction of sp³-hybridized carbons (Fsp3) is 0.529. The van der Waals surface area contributed by atoms with Crippen LogP contribution in [0.15, 0.2) is 18.2 Å². The van der Waals surface area contributed by atoms with E-state index < -0.39 is 17.0 Å². The summed E-state index contributed by atoms with van der Waals surface area (Å²) in [6.45, 7) is 6.05. The fourth-order valence-electron chi connectivity index (χ4n) is 2.55. The standard InChI is InChI=1S/C17H22F2N2O2/c1-4-20-16(23)17(2,3)9-21-15(22)12-8-11(12)10-6-5-7-13(18)14(10)19/h5-7,11-12H,4,8-9H2,1-3H3,(H,20,23)(H,21,22). The molecule has 0 radical (unpaired) electrons. The Kier molecular flexibility index (Phi) is 5.02. The van der Waals surface area contributed by atoms with Crippen LogP contribution in [0.25, 0.3) is 0 Å². The van der Waals surface area contributed by atoms with Crippen LogP contribution in [-0.2, 0) is 9.59 Å². The Morgan fingerprint density at radius 3 is 2.61 bits per heavy atom. The third-order valence-electron chi connectivity index (χ3n) is 4.16. The van der Waals surface area contributed by atoms with Crippen LogP contribution >= 0.6 is 0 Å². The van der Waals surface area contributed by atoms with Gasteiger partial charge in [0.1, 0.15) is 0 Å². The van der Waals surface area contributed by atoms with Crippen LogP contribution < -0.4 is 10.6 Å². The summed E-state index contributed by atoms with van der Waals surface area (Å²) in [5, 5.41) is 5.46. The van der Waals surface area contributed by atoms with E-state index in [2.05, 4.69) is 10.6 Å². The summed E-state index contributed by atoms with van der Waals surface area (Å²) >= 11 is 0. The van der Waals surface area contributed by atoms with E-state index in [1.54, 1.807) is 13.8 Å². The number of nitrogens with one attached hydrogen (secondary N) is 2. The van der Waals surface area contributed by atoms with E-state index in [0.29, 0.717) is 13.0 Å². The molecule has 0 saturated heterocycles. The molecule has 0 aromatic heterocycles. The van der Waals surface area contributed by atoms with Gasteiger partial charge in [-0.1, -0.05) is 12.1 Å². The van der Waals surface area contributed by atoms with Gasteiger partial charge in [-0.3, -0.25) is 9.59 Å². The molecule has 1 aromatic rings. The van der Waals surface area contributed by atoms with Crippen LogP contribution in [0.4, 0.5) is 8.78 Å². The first-order valence-corrected chi connectivity index (χ1v) is 7.78. The zero-order chi connectivity index (χ0) is 17.2. The molecular weight excluding hydrogens is 302 g/mol. The first-order chi connectivity index (χ1) is 10.8. The van der Waals surface area contributed by atoms with E-state index in [9.17, 15) is 18.4 Å². The third kappa shape index (κ3) is 3.86. The number of carbonyl (C=O) groups is 2. The second-order valence-corrected chi connectivity index (χ2v) is 6.55. The number of halogens is 2. The zero-order valence-electron chi connectivity index (χ0n) is 13.6. The number of carbonyl (C=O) groups excluding carboxylic acids is 2. The molecule has 0 spiro atoms. The second kappa shape index (κ2) is 6.64. The van der Waals surface area contributed by atoms with Crippen LogP contribution in [0, 0.1) is 23.0 Å². The van der Waals surface area contributed by atoms with Crippen LogP contribution in [-0.4, -0.2) is 24.9 Å². The predicted octanol–water partition coefficient (Wildman–Crippen LogP) is 2.35. The van der Waals surface area contributed by atoms with Gasteiger partial charge >= 0.3 is 0 Å². The summed E-state index contributed by atoms with van der Waals surface area (Å²) in [6.07, 6.45) is 0.494. The second-order valence-electron chi connectivity index (χ2n) is 6.55. The predicted molar refractivity (Wildman–Crippen MR) is 82.7 cm³/mol. The van der Waals surface area contributed by atoms with Gasteiger partial charge in [0.15, 0.2) is 11.6 Å². The minimum absolute atomic E-state index is 0.135. The van der Waals surface area contributed by atoms with Gasteiger partial charge in [0, 0.05) is 19.0 Å². The molecule has 6 heteroatoms. The van der Waals surface area contributed by atoms with Crippen LogP contribution in [0.2, 0.25) is 0 Å².